The summed E-state index contributed by atoms with van der Waals surface area (Å²) in [7, 11) is 1.21. The Morgan fingerprint density at radius 3 is 2.77 bits per heavy atom. The highest BCUT2D eigenvalue weighted by Crippen LogP contribution is 2.32. The Bertz CT molecular complexity index is 901. The number of benzene rings is 1. The van der Waals surface area contributed by atoms with Gasteiger partial charge in [0.1, 0.15) is 17.7 Å². The van der Waals surface area contributed by atoms with Crippen molar-refractivity contribution in [2.75, 3.05) is 7.11 Å². The van der Waals surface area contributed by atoms with Crippen LogP contribution in [0.4, 0.5) is 17.6 Å². The molecule has 0 saturated carbocycles. The molecule has 26 heavy (non-hydrogen) atoms. The molecule has 1 aliphatic heterocycles. The maximum Gasteiger partial charge on any atom is 0.419 e. The molecule has 1 aliphatic rings. The predicted molar refractivity (Wildman–Crippen MR) is 81.0 cm³/mol. The van der Waals surface area contributed by atoms with E-state index in [0.717, 1.165) is 10.7 Å². The lowest BCUT2D eigenvalue weighted by Gasteiger charge is -2.20. The molecule has 140 valence electrons. The Balaban J connectivity index is 1.97. The first-order valence-electron chi connectivity index (χ1n) is 7.84. The van der Waals surface area contributed by atoms with Crippen LogP contribution < -0.4 is 5.69 Å². The average Bonchev–Trinajstić information content (AvgIpc) is 2.91. The van der Waals surface area contributed by atoms with Crippen LogP contribution in [0, 0.1) is 5.82 Å². The summed E-state index contributed by atoms with van der Waals surface area (Å²) in [6.07, 6.45) is -3.33. The maximum atomic E-state index is 13.4. The molecule has 2 heterocycles. The first kappa shape index (κ1) is 18.2. The van der Waals surface area contributed by atoms with Crippen LogP contribution in [0.2, 0.25) is 0 Å². The van der Waals surface area contributed by atoms with E-state index in [9.17, 15) is 27.2 Å². The second-order valence-corrected chi connectivity index (χ2v) is 5.97. The van der Waals surface area contributed by atoms with Crippen molar-refractivity contribution >= 4 is 5.97 Å². The second-order valence-electron chi connectivity index (χ2n) is 5.97. The summed E-state index contributed by atoms with van der Waals surface area (Å²) < 4.78 is 58.8. The predicted octanol–water partition coefficient (Wildman–Crippen LogP) is 2.30. The first-order valence-corrected chi connectivity index (χ1v) is 7.84. The van der Waals surface area contributed by atoms with E-state index in [0.29, 0.717) is 37.2 Å². The second kappa shape index (κ2) is 6.58. The zero-order valence-corrected chi connectivity index (χ0v) is 13.7. The number of halogens is 4. The molecule has 0 amide bonds. The number of fused-ring (bicyclic) bond motifs is 1. The van der Waals surface area contributed by atoms with E-state index in [-0.39, 0.29) is 12.1 Å². The van der Waals surface area contributed by atoms with Crippen LogP contribution in [0.25, 0.3) is 0 Å². The largest absolute Gasteiger partial charge is 0.467 e. The Labute approximate surface area is 145 Å². The van der Waals surface area contributed by atoms with Gasteiger partial charge >= 0.3 is 17.8 Å². The number of alkyl halides is 3. The van der Waals surface area contributed by atoms with Crippen molar-refractivity contribution in [2.45, 2.75) is 38.0 Å². The summed E-state index contributed by atoms with van der Waals surface area (Å²) in [6, 6.07) is 1.71. The van der Waals surface area contributed by atoms with Crippen LogP contribution in [0.5, 0.6) is 0 Å². The van der Waals surface area contributed by atoms with Crippen LogP contribution >= 0.6 is 0 Å². The third-order valence-corrected chi connectivity index (χ3v) is 4.27. The molecule has 10 heteroatoms. The summed E-state index contributed by atoms with van der Waals surface area (Å²) in [5, 5.41) is 4.11. The van der Waals surface area contributed by atoms with Crippen molar-refractivity contribution in [3.63, 3.8) is 0 Å². The molecule has 0 fully saturated rings. The molecule has 2 aromatic rings. The van der Waals surface area contributed by atoms with Gasteiger partial charge in [-0.15, -0.1) is 0 Å². The van der Waals surface area contributed by atoms with Gasteiger partial charge in [-0.25, -0.2) is 18.7 Å². The van der Waals surface area contributed by atoms with E-state index in [4.69, 9.17) is 4.74 Å². The lowest BCUT2D eigenvalue weighted by Crippen LogP contribution is -2.35. The van der Waals surface area contributed by atoms with Crippen LogP contribution in [0.1, 0.15) is 35.8 Å². The number of esters is 1. The topological polar surface area (TPSA) is 66.1 Å². The minimum atomic E-state index is -4.84. The van der Waals surface area contributed by atoms with Crippen LogP contribution in [-0.4, -0.2) is 27.4 Å². The van der Waals surface area contributed by atoms with Crippen LogP contribution in [0.3, 0.4) is 0 Å². The molecule has 1 unspecified atom stereocenters. The fourth-order valence-electron chi connectivity index (χ4n) is 3.05. The number of hydrogen-bond acceptors (Lipinski definition) is 4. The van der Waals surface area contributed by atoms with Gasteiger partial charge in [0.25, 0.3) is 0 Å². The zero-order valence-electron chi connectivity index (χ0n) is 13.7. The Kier molecular flexibility index (Phi) is 4.59. The quantitative estimate of drug-likeness (QED) is 0.612. The number of rotatable bonds is 3. The summed E-state index contributed by atoms with van der Waals surface area (Å²) in [6.45, 7) is -0.268. The summed E-state index contributed by atoms with van der Waals surface area (Å²) in [5.74, 6) is -1.59. The van der Waals surface area contributed by atoms with Gasteiger partial charge in [0.2, 0.25) is 0 Å². The Morgan fingerprint density at radius 2 is 2.12 bits per heavy atom. The normalized spacial score (nSPS) is 17.0. The van der Waals surface area contributed by atoms with Gasteiger partial charge in [0.05, 0.1) is 19.2 Å². The van der Waals surface area contributed by atoms with Crippen molar-refractivity contribution in [1.29, 1.82) is 0 Å². The van der Waals surface area contributed by atoms with Gasteiger partial charge in [-0.3, -0.25) is 4.57 Å². The molecule has 1 aromatic carbocycles. The number of carbonyl (C=O) groups excluding carboxylic acids is 1. The smallest absolute Gasteiger partial charge is 0.419 e. The zero-order chi connectivity index (χ0) is 19.1. The summed E-state index contributed by atoms with van der Waals surface area (Å²) in [4.78, 5) is 24.4. The van der Waals surface area contributed by atoms with Gasteiger partial charge < -0.3 is 4.74 Å². The number of nitrogens with zero attached hydrogens (tertiary/aromatic N) is 3. The summed E-state index contributed by atoms with van der Waals surface area (Å²) >= 11 is 0. The lowest BCUT2D eigenvalue weighted by molar-refractivity contribution is -0.145. The fraction of sp³-hybridized carbons (Fsp3) is 0.438. The number of aromatic nitrogens is 3. The number of hydrogen-bond donors (Lipinski definition) is 0. The number of methoxy groups -OCH3 is 1. The van der Waals surface area contributed by atoms with Crippen LogP contribution in [0.15, 0.2) is 23.0 Å². The van der Waals surface area contributed by atoms with Crippen molar-refractivity contribution in [1.82, 2.24) is 14.3 Å². The maximum absolute atomic E-state index is 13.4. The molecule has 0 spiro atoms. The Hall–Kier alpha value is -2.65. The standard InChI is InChI=1S/C16H15F4N3O3/c1-26-14(24)12-3-2-4-13-21-22(15(25)23(12)13)8-9-5-6-11(17)10(7-9)16(18,19)20/h5-7,12H,2-4,8H2,1H3. The van der Waals surface area contributed by atoms with Crippen molar-refractivity contribution in [3.05, 3.63) is 51.5 Å². The van der Waals surface area contributed by atoms with Crippen LogP contribution in [-0.2, 0) is 28.7 Å². The third-order valence-electron chi connectivity index (χ3n) is 4.27. The highest BCUT2D eigenvalue weighted by molar-refractivity contribution is 5.74. The molecule has 0 bridgehead atoms. The molecular formula is C16H15F4N3O3. The lowest BCUT2D eigenvalue weighted by atomic mass is 10.1. The molecule has 0 saturated heterocycles. The number of ether oxygens (including phenoxy) is 1. The Morgan fingerprint density at radius 1 is 1.38 bits per heavy atom. The number of carbonyl (C=O) groups is 1. The monoisotopic (exact) mass is 373 g/mol. The van der Waals surface area contributed by atoms with E-state index >= 15 is 0 Å². The highest BCUT2D eigenvalue weighted by Gasteiger charge is 2.34. The first-order chi connectivity index (χ1) is 12.2. The van der Waals surface area contributed by atoms with E-state index in [1.165, 1.54) is 11.7 Å². The van der Waals surface area contributed by atoms with E-state index in [1.54, 1.807) is 0 Å². The molecule has 0 radical (unpaired) electrons. The molecule has 0 aliphatic carbocycles. The van der Waals surface area contributed by atoms with Crippen molar-refractivity contribution in [3.8, 4) is 0 Å². The van der Waals surface area contributed by atoms with Gasteiger partial charge in [-0.05, 0) is 30.5 Å². The average molecular weight is 373 g/mol. The third kappa shape index (κ3) is 3.23. The molecular weight excluding hydrogens is 358 g/mol. The minimum Gasteiger partial charge on any atom is -0.467 e. The SMILES string of the molecule is COC(=O)C1CCCc2nn(Cc3ccc(F)c(C(F)(F)F)c3)c(=O)n21. The molecule has 0 N–H and O–H groups in total. The molecule has 3 rings (SSSR count). The highest BCUT2D eigenvalue weighted by atomic mass is 19.4. The van der Waals surface area contributed by atoms with Crippen molar-refractivity contribution < 1.29 is 27.1 Å². The number of aryl methyl sites for hydroxylation is 1. The molecule has 6 nitrogen and oxygen atoms in total. The molecule has 1 aromatic heterocycles. The van der Waals surface area contributed by atoms with Crippen molar-refractivity contribution in [2.24, 2.45) is 0 Å². The minimum absolute atomic E-state index is 0.0749. The van der Waals surface area contributed by atoms with Gasteiger partial charge in [-0.1, -0.05) is 6.07 Å². The van der Waals surface area contributed by atoms with E-state index < -0.39 is 35.3 Å². The van der Waals surface area contributed by atoms with Gasteiger partial charge in [0, 0.05) is 6.42 Å². The van der Waals surface area contributed by atoms with Gasteiger partial charge in [0.15, 0.2) is 0 Å². The van der Waals surface area contributed by atoms with E-state index in [2.05, 4.69) is 5.10 Å². The van der Waals surface area contributed by atoms with E-state index in [1.807, 2.05) is 0 Å². The van der Waals surface area contributed by atoms with Gasteiger partial charge in [-0.2, -0.15) is 18.3 Å². The summed E-state index contributed by atoms with van der Waals surface area (Å²) in [5.41, 5.74) is -1.95. The fourth-order valence-corrected chi connectivity index (χ4v) is 3.05. The molecule has 1 atom stereocenters.